The lowest BCUT2D eigenvalue weighted by Gasteiger charge is -2.17. The number of nitrogens with one attached hydrogen (secondary N) is 1. The number of rotatable bonds is 6. The second kappa shape index (κ2) is 8.83. The third-order valence-corrected chi connectivity index (χ3v) is 6.50. The minimum atomic E-state index is -0.510. The summed E-state index contributed by atoms with van der Waals surface area (Å²) in [4.78, 5) is 37.3. The smallest absolute Gasteiger partial charge is 0.273 e. The first-order chi connectivity index (χ1) is 15.3. The van der Waals surface area contributed by atoms with Gasteiger partial charge in [-0.1, -0.05) is 35.6 Å². The molecule has 1 aliphatic rings. The van der Waals surface area contributed by atoms with Gasteiger partial charge in [0.15, 0.2) is 0 Å². The fourth-order valence-electron chi connectivity index (χ4n) is 3.64. The van der Waals surface area contributed by atoms with Crippen LogP contribution in [0, 0.1) is 24.0 Å². The van der Waals surface area contributed by atoms with Gasteiger partial charge in [-0.25, -0.2) is 0 Å². The molecule has 1 atom stereocenters. The van der Waals surface area contributed by atoms with Crippen LogP contribution in [-0.4, -0.2) is 33.5 Å². The van der Waals surface area contributed by atoms with Gasteiger partial charge in [0.2, 0.25) is 16.9 Å². The Hall–Kier alpha value is -3.66. The number of benzene rings is 2. The van der Waals surface area contributed by atoms with Crippen LogP contribution in [0.3, 0.4) is 0 Å². The van der Waals surface area contributed by atoms with Gasteiger partial charge in [0.25, 0.3) is 5.69 Å². The molecule has 1 unspecified atom stereocenters. The number of hydrogen-bond acceptors (Lipinski definition) is 7. The molecule has 164 valence electrons. The molecule has 0 radical (unpaired) electrons. The first kappa shape index (κ1) is 21.6. The van der Waals surface area contributed by atoms with Crippen LogP contribution >= 0.6 is 11.3 Å². The molecule has 1 fully saturated rings. The highest BCUT2D eigenvalue weighted by molar-refractivity contribution is 7.15. The van der Waals surface area contributed by atoms with Crippen molar-refractivity contribution in [3.63, 3.8) is 0 Å². The summed E-state index contributed by atoms with van der Waals surface area (Å²) in [5, 5.41) is 22.9. The Morgan fingerprint density at radius 3 is 2.75 bits per heavy atom. The standard InChI is InChI=1S/C22H21N5O4S/c1-13-7-8-17(9-14(13)2)26-12-16(11-20(26)29)21-24-25-22(32-21)23-19(28)10-15-5-3-4-6-18(15)27(30)31/h3-9,16H,10-12H2,1-2H3,(H,23,25,28). The van der Waals surface area contributed by atoms with E-state index >= 15 is 0 Å². The molecule has 10 heteroatoms. The molecule has 9 nitrogen and oxygen atoms in total. The van der Waals surface area contributed by atoms with Gasteiger partial charge in [-0.15, -0.1) is 10.2 Å². The van der Waals surface area contributed by atoms with Crippen molar-refractivity contribution >= 4 is 39.7 Å². The summed E-state index contributed by atoms with van der Waals surface area (Å²) < 4.78 is 0. The second-order valence-electron chi connectivity index (χ2n) is 7.73. The van der Waals surface area contributed by atoms with Gasteiger partial charge in [0.05, 0.1) is 11.3 Å². The van der Waals surface area contributed by atoms with Crippen LogP contribution in [-0.2, 0) is 16.0 Å². The number of aryl methyl sites for hydroxylation is 2. The second-order valence-corrected chi connectivity index (χ2v) is 8.74. The predicted octanol–water partition coefficient (Wildman–Crippen LogP) is 3.76. The summed E-state index contributed by atoms with van der Waals surface area (Å²) in [6.45, 7) is 4.54. The van der Waals surface area contributed by atoms with Crippen LogP contribution in [0.25, 0.3) is 0 Å². The van der Waals surface area contributed by atoms with Crippen molar-refractivity contribution in [2.45, 2.75) is 32.6 Å². The molecule has 0 bridgehead atoms. The van der Waals surface area contributed by atoms with E-state index in [1.165, 1.54) is 23.0 Å². The zero-order valence-electron chi connectivity index (χ0n) is 17.6. The molecule has 2 aromatic carbocycles. The zero-order chi connectivity index (χ0) is 22.8. The molecule has 32 heavy (non-hydrogen) atoms. The van der Waals surface area contributed by atoms with E-state index in [9.17, 15) is 19.7 Å². The number of anilines is 2. The highest BCUT2D eigenvalue weighted by atomic mass is 32.1. The van der Waals surface area contributed by atoms with Gasteiger partial charge in [-0.2, -0.15) is 0 Å². The number of para-hydroxylation sites is 1. The normalized spacial score (nSPS) is 15.8. The lowest BCUT2D eigenvalue weighted by molar-refractivity contribution is -0.385. The van der Waals surface area contributed by atoms with Crippen LogP contribution in [0.15, 0.2) is 42.5 Å². The van der Waals surface area contributed by atoms with Crippen molar-refractivity contribution in [2.24, 2.45) is 0 Å². The Morgan fingerprint density at radius 2 is 2.00 bits per heavy atom. The third-order valence-electron chi connectivity index (χ3n) is 5.50. The number of nitrogens with zero attached hydrogens (tertiary/aromatic N) is 4. The van der Waals surface area contributed by atoms with Crippen molar-refractivity contribution in [1.29, 1.82) is 0 Å². The fourth-order valence-corrected chi connectivity index (χ4v) is 4.49. The van der Waals surface area contributed by atoms with Gasteiger partial charge in [0, 0.05) is 36.2 Å². The highest BCUT2D eigenvalue weighted by Gasteiger charge is 2.34. The summed E-state index contributed by atoms with van der Waals surface area (Å²) in [5.74, 6) is -0.501. The van der Waals surface area contributed by atoms with Gasteiger partial charge < -0.3 is 10.2 Å². The predicted molar refractivity (Wildman–Crippen MR) is 121 cm³/mol. The topological polar surface area (TPSA) is 118 Å². The molecule has 1 saturated heterocycles. The lowest BCUT2D eigenvalue weighted by Crippen LogP contribution is -2.24. The van der Waals surface area contributed by atoms with Crippen molar-refractivity contribution in [2.75, 3.05) is 16.8 Å². The van der Waals surface area contributed by atoms with Crippen LogP contribution in [0.5, 0.6) is 0 Å². The molecule has 0 saturated carbocycles. The van der Waals surface area contributed by atoms with Crippen molar-refractivity contribution in [3.8, 4) is 0 Å². The maximum absolute atomic E-state index is 12.6. The number of amides is 2. The SMILES string of the molecule is Cc1ccc(N2CC(c3nnc(NC(=O)Cc4ccccc4[N+](=O)[O-])s3)CC2=O)cc1C. The molecule has 0 spiro atoms. The Kier molecular flexibility index (Phi) is 5.95. The molecule has 2 heterocycles. The van der Waals surface area contributed by atoms with Gasteiger partial charge in [-0.3, -0.25) is 19.7 Å². The van der Waals surface area contributed by atoms with E-state index in [0.717, 1.165) is 11.3 Å². The molecule has 1 N–H and O–H groups in total. The molecule has 2 amide bonds. The lowest BCUT2D eigenvalue weighted by atomic mass is 10.1. The number of aromatic nitrogens is 2. The van der Waals surface area contributed by atoms with Crippen LogP contribution in [0.1, 0.15) is 34.0 Å². The average molecular weight is 452 g/mol. The number of nitro groups is 1. The Morgan fingerprint density at radius 1 is 1.22 bits per heavy atom. The molecule has 3 aromatic rings. The number of nitro benzene ring substituents is 1. The summed E-state index contributed by atoms with van der Waals surface area (Å²) in [7, 11) is 0. The van der Waals surface area contributed by atoms with Gasteiger partial charge >= 0.3 is 0 Å². The van der Waals surface area contributed by atoms with Crippen molar-refractivity contribution in [1.82, 2.24) is 10.2 Å². The summed E-state index contributed by atoms with van der Waals surface area (Å²) in [6, 6.07) is 12.1. The summed E-state index contributed by atoms with van der Waals surface area (Å²) in [5.41, 5.74) is 3.38. The maximum Gasteiger partial charge on any atom is 0.273 e. The maximum atomic E-state index is 12.6. The number of hydrogen-bond donors (Lipinski definition) is 1. The molecule has 1 aromatic heterocycles. The van der Waals surface area contributed by atoms with E-state index in [1.807, 2.05) is 32.0 Å². The Balaban J connectivity index is 1.42. The first-order valence-electron chi connectivity index (χ1n) is 10.0. The third kappa shape index (κ3) is 4.50. The van der Waals surface area contributed by atoms with Crippen molar-refractivity contribution < 1.29 is 14.5 Å². The molecule has 0 aliphatic carbocycles. The molecule has 1 aliphatic heterocycles. The van der Waals surface area contributed by atoms with Gasteiger partial charge in [0.1, 0.15) is 5.01 Å². The van der Waals surface area contributed by atoms with E-state index in [2.05, 4.69) is 15.5 Å². The van der Waals surface area contributed by atoms with E-state index in [1.54, 1.807) is 23.1 Å². The van der Waals surface area contributed by atoms with Crippen LogP contribution < -0.4 is 10.2 Å². The molecular weight excluding hydrogens is 430 g/mol. The van der Waals surface area contributed by atoms with E-state index < -0.39 is 10.8 Å². The fraction of sp³-hybridized carbons (Fsp3) is 0.273. The zero-order valence-corrected chi connectivity index (χ0v) is 18.4. The molecule has 4 rings (SSSR count). The van der Waals surface area contributed by atoms with E-state index in [0.29, 0.717) is 28.7 Å². The minimum Gasteiger partial charge on any atom is -0.312 e. The van der Waals surface area contributed by atoms with Crippen LogP contribution in [0.4, 0.5) is 16.5 Å². The van der Waals surface area contributed by atoms with Gasteiger partial charge in [-0.05, 0) is 37.1 Å². The Labute approximate surface area is 188 Å². The Bertz CT molecular complexity index is 1210. The number of carbonyl (C=O) groups is 2. The summed E-state index contributed by atoms with van der Waals surface area (Å²) >= 11 is 1.22. The highest BCUT2D eigenvalue weighted by Crippen LogP contribution is 2.34. The average Bonchev–Trinajstić information content (AvgIpc) is 3.37. The molecular formula is C22H21N5O4S. The van der Waals surface area contributed by atoms with Crippen molar-refractivity contribution in [3.05, 3.63) is 74.3 Å². The quantitative estimate of drug-likeness (QED) is 0.450. The summed E-state index contributed by atoms with van der Waals surface area (Å²) in [6.07, 6.45) is 0.181. The largest absolute Gasteiger partial charge is 0.312 e. The monoisotopic (exact) mass is 451 g/mol. The first-order valence-corrected chi connectivity index (χ1v) is 10.9. The number of carbonyl (C=O) groups excluding carboxylic acids is 2. The minimum absolute atomic E-state index is 0.0235. The van der Waals surface area contributed by atoms with E-state index in [4.69, 9.17) is 0 Å². The van der Waals surface area contributed by atoms with E-state index in [-0.39, 0.29) is 23.9 Å². The van der Waals surface area contributed by atoms with Crippen LogP contribution in [0.2, 0.25) is 0 Å².